The summed E-state index contributed by atoms with van der Waals surface area (Å²) in [5.41, 5.74) is 0. The van der Waals surface area contributed by atoms with Gasteiger partial charge in [0.2, 0.25) is 0 Å². The van der Waals surface area contributed by atoms with E-state index in [9.17, 15) is 0 Å². The molecule has 0 amide bonds. The molecule has 0 radical (unpaired) electrons. The third-order valence-corrected chi connectivity index (χ3v) is 0. The van der Waals surface area contributed by atoms with Crippen molar-refractivity contribution < 1.29 is 48.3 Å². The Balaban J connectivity index is -0.0000000800. The van der Waals surface area contributed by atoms with Crippen molar-refractivity contribution in [1.29, 1.82) is 0 Å². The van der Waals surface area contributed by atoms with Crippen molar-refractivity contribution in [2.45, 2.75) is 0 Å². The van der Waals surface area contributed by atoms with Crippen LogP contribution < -0.4 is 27.2 Å². The SMILES string of the molecule is [Li+].[Mg+2].[O]=[Mn](=[O])([O-])[O-]. The topological polar surface area (TPSA) is 80.3 Å². The first kappa shape index (κ1) is 15.8. The van der Waals surface area contributed by atoms with E-state index in [1.807, 2.05) is 0 Å². The molecule has 7 heteroatoms. The van der Waals surface area contributed by atoms with Crippen molar-refractivity contribution in [3.63, 3.8) is 0 Å². The summed E-state index contributed by atoms with van der Waals surface area (Å²) in [6, 6.07) is 0. The van der Waals surface area contributed by atoms with Gasteiger partial charge in [0, 0.05) is 0 Å². The van der Waals surface area contributed by atoms with Crippen LogP contribution in [-0.4, -0.2) is 23.1 Å². The van der Waals surface area contributed by atoms with Crippen LogP contribution in [0.5, 0.6) is 0 Å². The molecule has 0 unspecified atom stereocenters. The van der Waals surface area contributed by atoms with Crippen molar-refractivity contribution in [2.75, 3.05) is 0 Å². The van der Waals surface area contributed by atoms with E-state index in [1.54, 1.807) is 0 Å². The summed E-state index contributed by atoms with van der Waals surface area (Å²) in [6.45, 7) is 0. The van der Waals surface area contributed by atoms with Crippen LogP contribution in [0, 0.1) is 0 Å². The Morgan fingerprint density at radius 1 is 1.14 bits per heavy atom. The third kappa shape index (κ3) is 110. The van der Waals surface area contributed by atoms with E-state index in [4.69, 9.17) is 16.0 Å². The van der Waals surface area contributed by atoms with Crippen LogP contribution in [0.2, 0.25) is 0 Å². The Morgan fingerprint density at radius 2 is 1.14 bits per heavy atom. The Hall–Kier alpha value is 1.40. The van der Waals surface area contributed by atoms with Gasteiger partial charge in [-0.3, -0.25) is 0 Å². The van der Waals surface area contributed by atoms with E-state index >= 15 is 0 Å². The first-order chi connectivity index (χ1) is 2.00. The fourth-order valence-corrected chi connectivity index (χ4v) is 0. The fourth-order valence-electron chi connectivity index (χ4n) is 0. The van der Waals surface area contributed by atoms with Gasteiger partial charge >= 0.3 is 71.3 Å². The molecule has 0 aliphatic heterocycles. The van der Waals surface area contributed by atoms with Gasteiger partial charge in [-0.2, -0.15) is 0 Å². The molecule has 0 aliphatic rings. The summed E-state index contributed by atoms with van der Waals surface area (Å²) >= 11 is -5.62. The summed E-state index contributed by atoms with van der Waals surface area (Å²) in [7, 11) is 0. The predicted molar refractivity (Wildman–Crippen MR) is 7.13 cm³/mol. The van der Waals surface area contributed by atoms with Crippen LogP contribution in [0.3, 0.4) is 0 Å². The molecule has 0 fully saturated rings. The van der Waals surface area contributed by atoms with Gasteiger partial charge in [-0.05, 0) is 0 Å². The molecule has 4 nitrogen and oxygen atoms in total. The quantitative estimate of drug-likeness (QED) is 0.322. The standard InChI is InChI=1S/Li.Mg.Mn.4O/q+1;+2;;;;2*-1. The number of hydrogen-bond acceptors (Lipinski definition) is 4. The molecule has 0 aliphatic carbocycles. The van der Waals surface area contributed by atoms with Gasteiger partial charge in [-0.15, -0.1) is 0 Å². The second kappa shape index (κ2) is 5.54. The van der Waals surface area contributed by atoms with E-state index in [1.165, 1.54) is 0 Å². The van der Waals surface area contributed by atoms with Crippen LogP contribution >= 0.6 is 0 Å². The molecule has 0 rings (SSSR count). The van der Waals surface area contributed by atoms with Gasteiger partial charge < -0.3 is 0 Å². The molecule has 33 valence electrons. The molecule has 0 aromatic rings. The number of rotatable bonds is 0. The second-order valence-corrected chi connectivity index (χ2v) is 1.56. The molecule has 0 aromatic carbocycles. The van der Waals surface area contributed by atoms with Crippen LogP contribution in [-0.2, 0) is 21.0 Å². The summed E-state index contributed by atoms with van der Waals surface area (Å²) in [5, 5.41) is 0. The second-order valence-electron chi connectivity index (χ2n) is 0.378. The first-order valence-corrected chi connectivity index (χ1v) is 2.54. The number of hydrogen-bond donors (Lipinski definition) is 0. The molecule has 0 heterocycles. The Labute approximate surface area is 70.9 Å². The van der Waals surface area contributed by atoms with Gasteiger partial charge in [0.25, 0.3) is 0 Å². The first-order valence-electron chi connectivity index (χ1n) is 0.617. The van der Waals surface area contributed by atoms with E-state index in [0.29, 0.717) is 0 Å². The Morgan fingerprint density at radius 3 is 1.14 bits per heavy atom. The normalized spacial score (nSPS) is 8.29. The molecular formula is LiMgMnO4+. The van der Waals surface area contributed by atoms with Crippen molar-refractivity contribution in [3.05, 3.63) is 0 Å². The Bertz CT molecular complexity index is 94.9. The molecule has 7 heavy (non-hydrogen) atoms. The maximum absolute atomic E-state index is 8.58. The van der Waals surface area contributed by atoms with Gasteiger partial charge in [-0.1, -0.05) is 0 Å². The summed E-state index contributed by atoms with van der Waals surface area (Å²) in [5.74, 6) is 0. The monoisotopic (exact) mass is 150 g/mol. The molecule has 0 atom stereocenters. The zero-order valence-electron chi connectivity index (χ0n) is 3.72. The zero-order valence-corrected chi connectivity index (χ0v) is 6.31. The van der Waals surface area contributed by atoms with Crippen LogP contribution in [0.15, 0.2) is 0 Å². The van der Waals surface area contributed by atoms with Gasteiger partial charge in [0.1, 0.15) is 0 Å². The van der Waals surface area contributed by atoms with Gasteiger partial charge in [0.05, 0.1) is 0 Å². The van der Waals surface area contributed by atoms with Crippen LogP contribution in [0.4, 0.5) is 0 Å². The van der Waals surface area contributed by atoms with E-state index in [0.717, 1.165) is 0 Å². The van der Waals surface area contributed by atoms with E-state index in [2.05, 4.69) is 0 Å². The summed E-state index contributed by atoms with van der Waals surface area (Å²) in [4.78, 5) is 0. The molecule has 0 saturated carbocycles. The molecule has 0 spiro atoms. The average Bonchev–Trinajstić information content (AvgIpc) is 0.722. The average molecular weight is 150 g/mol. The summed E-state index contributed by atoms with van der Waals surface area (Å²) < 4.78 is 34.3. The van der Waals surface area contributed by atoms with Crippen molar-refractivity contribution in [2.24, 2.45) is 0 Å². The third-order valence-electron chi connectivity index (χ3n) is 0. The molecule has 0 bridgehead atoms. The van der Waals surface area contributed by atoms with E-state index in [-0.39, 0.29) is 41.9 Å². The minimum absolute atomic E-state index is 0. The maximum atomic E-state index is 8.58. The predicted octanol–water partition coefficient (Wildman–Crippen LogP) is -5.99. The van der Waals surface area contributed by atoms with Gasteiger partial charge in [0.15, 0.2) is 0 Å². The zero-order chi connectivity index (χ0) is 4.50. The summed E-state index contributed by atoms with van der Waals surface area (Å²) in [6.07, 6.45) is 0. The fraction of sp³-hybridized carbons (Fsp3) is 0. The van der Waals surface area contributed by atoms with Crippen molar-refractivity contribution >= 4 is 23.1 Å². The van der Waals surface area contributed by atoms with Crippen molar-refractivity contribution in [3.8, 4) is 0 Å². The molecule has 0 N–H and O–H groups in total. The Kier molecular flexibility index (Phi) is 12.5. The minimum atomic E-state index is -5.62. The molecule has 0 aromatic heterocycles. The van der Waals surface area contributed by atoms with Gasteiger partial charge in [-0.25, -0.2) is 0 Å². The molecular weight excluding hydrogens is 150 g/mol. The van der Waals surface area contributed by atoms with Crippen molar-refractivity contribution in [1.82, 2.24) is 0 Å². The van der Waals surface area contributed by atoms with Crippen LogP contribution in [0.25, 0.3) is 0 Å². The van der Waals surface area contributed by atoms with Crippen LogP contribution in [0.1, 0.15) is 0 Å². The molecule has 0 saturated heterocycles. The van der Waals surface area contributed by atoms with E-state index < -0.39 is 13.4 Å².